The molecule has 1 aromatic carbocycles. The average Bonchev–Trinajstić information content (AvgIpc) is 2.46. The van der Waals surface area contributed by atoms with E-state index in [4.69, 9.17) is 10.00 Å². The molecule has 0 spiro atoms. The first-order valence-corrected chi connectivity index (χ1v) is 6.52. The molecule has 0 aromatic heterocycles. The van der Waals surface area contributed by atoms with Crippen molar-refractivity contribution in [3.63, 3.8) is 0 Å². The number of rotatable bonds is 7. The molecule has 0 radical (unpaired) electrons. The van der Waals surface area contributed by atoms with Gasteiger partial charge in [-0.15, -0.1) is 0 Å². The van der Waals surface area contributed by atoms with E-state index in [1.807, 2.05) is 30.3 Å². The fraction of sp³-hybridized carbons (Fsp3) is 0.235. The lowest BCUT2D eigenvalue weighted by Gasteiger charge is -2.01. The van der Waals surface area contributed by atoms with Crippen LogP contribution in [0.4, 0.5) is 0 Å². The minimum absolute atomic E-state index is 0.0133. The van der Waals surface area contributed by atoms with Crippen molar-refractivity contribution in [1.29, 1.82) is 5.26 Å². The number of Topliss-reactive ketones (excluding diaryl/α,β-unsaturated/α-hetero) is 1. The van der Waals surface area contributed by atoms with Gasteiger partial charge in [-0.1, -0.05) is 30.8 Å². The van der Waals surface area contributed by atoms with Crippen LogP contribution in [0.1, 0.15) is 24.5 Å². The molecule has 0 heterocycles. The van der Waals surface area contributed by atoms with Crippen LogP contribution in [0.5, 0.6) is 0 Å². The van der Waals surface area contributed by atoms with Crippen molar-refractivity contribution < 1.29 is 14.3 Å². The van der Waals surface area contributed by atoms with Gasteiger partial charge >= 0.3 is 5.97 Å². The minimum Gasteiger partial charge on any atom is -0.461 e. The van der Waals surface area contributed by atoms with Crippen molar-refractivity contribution in [2.24, 2.45) is 0 Å². The molecular formula is C17H17NO3. The largest absolute Gasteiger partial charge is 0.461 e. The van der Waals surface area contributed by atoms with Crippen molar-refractivity contribution >= 4 is 17.8 Å². The SMILES string of the molecule is C=C(C)C(=O)Cc1ccc(/C=C/C(=O)OCCC#N)cc1. The van der Waals surface area contributed by atoms with Gasteiger partial charge in [-0.3, -0.25) is 4.79 Å². The molecule has 0 saturated heterocycles. The second kappa shape index (κ2) is 8.49. The maximum Gasteiger partial charge on any atom is 0.330 e. The van der Waals surface area contributed by atoms with Crippen molar-refractivity contribution in [3.8, 4) is 6.07 Å². The third-order valence-electron chi connectivity index (χ3n) is 2.69. The summed E-state index contributed by atoms with van der Waals surface area (Å²) in [5, 5.41) is 8.32. The Morgan fingerprint density at radius 2 is 2.00 bits per heavy atom. The molecule has 0 aliphatic rings. The number of benzene rings is 1. The number of esters is 1. The van der Waals surface area contributed by atoms with E-state index < -0.39 is 5.97 Å². The quantitative estimate of drug-likeness (QED) is 0.438. The number of nitriles is 1. The Balaban J connectivity index is 2.54. The molecule has 1 aromatic rings. The number of nitrogens with zero attached hydrogens (tertiary/aromatic N) is 1. The molecule has 108 valence electrons. The maximum atomic E-state index is 11.5. The Labute approximate surface area is 124 Å². The number of hydrogen-bond acceptors (Lipinski definition) is 4. The molecule has 0 bridgehead atoms. The second-order valence-electron chi connectivity index (χ2n) is 4.53. The Hall–Kier alpha value is -2.67. The van der Waals surface area contributed by atoms with Crippen molar-refractivity contribution in [2.75, 3.05) is 6.61 Å². The molecule has 1 rings (SSSR count). The van der Waals surface area contributed by atoms with Crippen LogP contribution in [0.3, 0.4) is 0 Å². The first-order valence-electron chi connectivity index (χ1n) is 6.52. The Bertz CT molecular complexity index is 591. The lowest BCUT2D eigenvalue weighted by Crippen LogP contribution is -2.03. The van der Waals surface area contributed by atoms with Gasteiger partial charge in [-0.2, -0.15) is 5.26 Å². The Morgan fingerprint density at radius 3 is 2.57 bits per heavy atom. The first kappa shape index (κ1) is 16.4. The zero-order valence-electron chi connectivity index (χ0n) is 12.0. The van der Waals surface area contributed by atoms with Crippen LogP contribution >= 0.6 is 0 Å². The summed E-state index contributed by atoms with van der Waals surface area (Å²) in [5.74, 6) is -0.467. The van der Waals surface area contributed by atoms with Gasteiger partial charge in [0, 0.05) is 12.5 Å². The molecule has 0 fully saturated rings. The highest BCUT2D eigenvalue weighted by Crippen LogP contribution is 2.09. The third kappa shape index (κ3) is 6.35. The highest BCUT2D eigenvalue weighted by Gasteiger charge is 2.03. The average molecular weight is 283 g/mol. The summed E-state index contributed by atoms with van der Waals surface area (Å²) < 4.78 is 4.80. The number of ketones is 1. The van der Waals surface area contributed by atoms with Gasteiger partial charge in [0.2, 0.25) is 0 Å². The van der Waals surface area contributed by atoms with Crippen molar-refractivity contribution in [3.05, 3.63) is 53.6 Å². The fourth-order valence-corrected chi connectivity index (χ4v) is 1.49. The molecule has 4 heteroatoms. The van der Waals surface area contributed by atoms with Crippen LogP contribution in [0.15, 0.2) is 42.5 Å². The van der Waals surface area contributed by atoms with Crippen LogP contribution in [0.25, 0.3) is 6.08 Å². The predicted octanol–water partition coefficient (Wildman–Crippen LogP) is 2.84. The van der Waals surface area contributed by atoms with E-state index in [1.54, 1.807) is 13.0 Å². The number of ether oxygens (including phenoxy) is 1. The van der Waals surface area contributed by atoms with Gasteiger partial charge in [0.05, 0.1) is 12.5 Å². The monoisotopic (exact) mass is 283 g/mol. The molecule has 0 amide bonds. The third-order valence-corrected chi connectivity index (χ3v) is 2.69. The van der Waals surface area contributed by atoms with Crippen molar-refractivity contribution in [1.82, 2.24) is 0 Å². The van der Waals surface area contributed by atoms with E-state index >= 15 is 0 Å². The van der Waals surface area contributed by atoms with E-state index in [1.165, 1.54) is 6.08 Å². The molecule has 4 nitrogen and oxygen atoms in total. The second-order valence-corrected chi connectivity index (χ2v) is 4.53. The first-order chi connectivity index (χ1) is 10.0. The van der Waals surface area contributed by atoms with Crippen LogP contribution in [-0.4, -0.2) is 18.4 Å². The van der Waals surface area contributed by atoms with E-state index in [9.17, 15) is 9.59 Å². The Kier molecular flexibility index (Phi) is 6.62. The summed E-state index contributed by atoms with van der Waals surface area (Å²) in [4.78, 5) is 22.8. The molecule has 0 aliphatic carbocycles. The standard InChI is InChI=1S/C17H17NO3/c1-13(2)16(19)12-15-6-4-14(5-7-15)8-9-17(20)21-11-3-10-18/h4-9H,1,3,11-12H2,2H3/b9-8+. The van der Waals surface area contributed by atoms with E-state index in [2.05, 4.69) is 6.58 Å². The van der Waals surface area contributed by atoms with Crippen LogP contribution in [0, 0.1) is 11.3 Å². The highest BCUT2D eigenvalue weighted by atomic mass is 16.5. The van der Waals surface area contributed by atoms with E-state index in [0.29, 0.717) is 12.0 Å². The normalized spacial score (nSPS) is 10.1. The minimum atomic E-state index is -0.480. The predicted molar refractivity (Wildman–Crippen MR) is 80.2 cm³/mol. The zero-order valence-corrected chi connectivity index (χ0v) is 12.0. The lowest BCUT2D eigenvalue weighted by atomic mass is 10.0. The summed E-state index contributed by atoms with van der Waals surface area (Å²) in [6, 6.07) is 9.20. The summed E-state index contributed by atoms with van der Waals surface area (Å²) in [6.07, 6.45) is 3.45. The number of allylic oxidation sites excluding steroid dienone is 1. The van der Waals surface area contributed by atoms with Crippen LogP contribution in [-0.2, 0) is 20.7 Å². The van der Waals surface area contributed by atoms with Crippen LogP contribution < -0.4 is 0 Å². The number of hydrogen-bond donors (Lipinski definition) is 0. The summed E-state index contributed by atoms with van der Waals surface area (Å²) in [5.41, 5.74) is 2.27. The molecule has 0 aliphatic heterocycles. The van der Waals surface area contributed by atoms with Gasteiger partial charge in [0.15, 0.2) is 5.78 Å². The van der Waals surface area contributed by atoms with Gasteiger partial charge in [0.1, 0.15) is 6.61 Å². The van der Waals surface area contributed by atoms with E-state index in [0.717, 1.165) is 11.1 Å². The van der Waals surface area contributed by atoms with Gasteiger partial charge in [0.25, 0.3) is 0 Å². The maximum absolute atomic E-state index is 11.5. The topological polar surface area (TPSA) is 67.2 Å². The van der Waals surface area contributed by atoms with Crippen molar-refractivity contribution in [2.45, 2.75) is 19.8 Å². The molecule has 0 N–H and O–H groups in total. The molecular weight excluding hydrogens is 266 g/mol. The van der Waals surface area contributed by atoms with Gasteiger partial charge in [-0.05, 0) is 29.7 Å². The molecule has 0 atom stereocenters. The van der Waals surface area contributed by atoms with Gasteiger partial charge in [-0.25, -0.2) is 4.79 Å². The summed E-state index contributed by atoms with van der Waals surface area (Å²) in [6.45, 7) is 5.41. The Morgan fingerprint density at radius 1 is 1.33 bits per heavy atom. The highest BCUT2D eigenvalue weighted by molar-refractivity contribution is 5.95. The fourth-order valence-electron chi connectivity index (χ4n) is 1.49. The molecule has 0 unspecified atom stereocenters. The molecule has 21 heavy (non-hydrogen) atoms. The number of carbonyl (C=O) groups excluding carboxylic acids is 2. The zero-order chi connectivity index (χ0) is 15.7. The van der Waals surface area contributed by atoms with Gasteiger partial charge < -0.3 is 4.74 Å². The summed E-state index contributed by atoms with van der Waals surface area (Å²) in [7, 11) is 0. The number of carbonyl (C=O) groups is 2. The lowest BCUT2D eigenvalue weighted by molar-refractivity contribution is -0.137. The smallest absolute Gasteiger partial charge is 0.330 e. The summed E-state index contributed by atoms with van der Waals surface area (Å²) >= 11 is 0. The van der Waals surface area contributed by atoms with E-state index in [-0.39, 0.29) is 18.8 Å². The van der Waals surface area contributed by atoms with Crippen LogP contribution in [0.2, 0.25) is 0 Å². The molecule has 0 saturated carbocycles.